The Morgan fingerprint density at radius 2 is 1.92 bits per heavy atom. The van der Waals surface area contributed by atoms with Crippen molar-refractivity contribution in [2.75, 3.05) is 5.32 Å². The number of carbonyl (C=O) groups is 1. The molecule has 0 radical (unpaired) electrons. The molecular weight excluding hydrogens is 361 g/mol. The third-order valence-corrected chi connectivity index (χ3v) is 5.77. The largest absolute Gasteiger partial charge is 0.343 e. The van der Waals surface area contributed by atoms with E-state index in [0.717, 1.165) is 11.3 Å². The van der Waals surface area contributed by atoms with E-state index >= 15 is 0 Å². The van der Waals surface area contributed by atoms with E-state index in [4.69, 9.17) is 23.2 Å². The first-order valence-electron chi connectivity index (χ1n) is 7.99. The van der Waals surface area contributed by atoms with E-state index in [9.17, 15) is 9.59 Å². The number of Topliss-reactive ketones (excluding diaryl/α,β-unsaturated/α-hetero) is 1. The van der Waals surface area contributed by atoms with Crippen LogP contribution in [0.15, 0.2) is 34.3 Å². The minimum Gasteiger partial charge on any atom is -0.343 e. The number of aryl methyl sites for hydroxylation is 1. The summed E-state index contributed by atoms with van der Waals surface area (Å²) in [5.41, 5.74) is 2.12. The van der Waals surface area contributed by atoms with Crippen LogP contribution in [0.1, 0.15) is 37.3 Å². The second-order valence-corrected chi connectivity index (χ2v) is 8.09. The molecule has 1 aromatic carbocycles. The Balaban J connectivity index is 1.99. The molecule has 2 N–H and O–H groups in total. The van der Waals surface area contributed by atoms with E-state index in [1.54, 1.807) is 23.9 Å². The van der Waals surface area contributed by atoms with E-state index in [0.29, 0.717) is 33.4 Å². The van der Waals surface area contributed by atoms with E-state index in [1.165, 1.54) is 0 Å². The minimum atomic E-state index is -0.499. The molecule has 0 saturated carbocycles. The van der Waals surface area contributed by atoms with E-state index in [-0.39, 0.29) is 11.3 Å². The standard InChI is InChI=1S/C18H17Cl2N3O2/c1-18(2)7-11-13(15(18)24)12(8-4-5-9(19)10(20)6-8)14-16(21-11)23(3)22-17(14)25/h4-6,12,21H,7H2,1-3H3,(H,22,25). The Kier molecular flexibility index (Phi) is 3.47. The second-order valence-electron chi connectivity index (χ2n) is 7.28. The van der Waals surface area contributed by atoms with Crippen molar-refractivity contribution in [1.82, 2.24) is 9.78 Å². The highest BCUT2D eigenvalue weighted by Gasteiger charge is 2.47. The maximum absolute atomic E-state index is 13.0. The molecule has 2 aliphatic rings. The summed E-state index contributed by atoms with van der Waals surface area (Å²) < 4.78 is 1.65. The van der Waals surface area contributed by atoms with Gasteiger partial charge in [-0.3, -0.25) is 19.4 Å². The minimum absolute atomic E-state index is 0.0555. The average Bonchev–Trinajstić information content (AvgIpc) is 2.94. The van der Waals surface area contributed by atoms with Crippen LogP contribution >= 0.6 is 23.2 Å². The van der Waals surface area contributed by atoms with Gasteiger partial charge < -0.3 is 5.32 Å². The normalized spacial score (nSPS) is 21.2. The van der Waals surface area contributed by atoms with E-state index in [2.05, 4.69) is 10.4 Å². The van der Waals surface area contributed by atoms with Crippen molar-refractivity contribution < 1.29 is 4.79 Å². The lowest BCUT2D eigenvalue weighted by molar-refractivity contribution is -0.122. The fourth-order valence-electron chi connectivity index (χ4n) is 3.82. The molecule has 2 heterocycles. The van der Waals surface area contributed by atoms with Gasteiger partial charge in [0.15, 0.2) is 5.78 Å². The van der Waals surface area contributed by atoms with Crippen molar-refractivity contribution in [3.8, 4) is 0 Å². The number of hydrogen-bond donors (Lipinski definition) is 2. The molecule has 0 fully saturated rings. The lowest BCUT2D eigenvalue weighted by Gasteiger charge is -2.26. The van der Waals surface area contributed by atoms with Gasteiger partial charge in [0.05, 0.1) is 15.6 Å². The van der Waals surface area contributed by atoms with E-state index in [1.807, 2.05) is 19.9 Å². The average molecular weight is 378 g/mol. The maximum Gasteiger partial charge on any atom is 0.270 e. The topological polar surface area (TPSA) is 66.9 Å². The zero-order chi connectivity index (χ0) is 18.1. The molecule has 5 nitrogen and oxygen atoms in total. The number of halogens is 2. The van der Waals surface area contributed by atoms with Crippen LogP contribution in [-0.4, -0.2) is 15.6 Å². The maximum atomic E-state index is 13.0. The molecule has 0 saturated heterocycles. The van der Waals surface area contributed by atoms with Crippen molar-refractivity contribution in [1.29, 1.82) is 0 Å². The number of carbonyl (C=O) groups excluding carboxylic acids is 1. The van der Waals surface area contributed by atoms with Gasteiger partial charge in [0.25, 0.3) is 5.56 Å². The predicted octanol–water partition coefficient (Wildman–Crippen LogP) is 3.83. The summed E-state index contributed by atoms with van der Waals surface area (Å²) in [6, 6.07) is 5.26. The zero-order valence-electron chi connectivity index (χ0n) is 14.0. The van der Waals surface area contributed by atoms with Crippen LogP contribution in [0.4, 0.5) is 5.82 Å². The zero-order valence-corrected chi connectivity index (χ0v) is 15.5. The SMILES string of the molecule is Cn1[nH]c(=O)c2c1NC1=C(C(=O)C(C)(C)C1)C2c1ccc(Cl)c(Cl)c1. The van der Waals surface area contributed by atoms with Gasteiger partial charge in [-0.2, -0.15) is 0 Å². The van der Waals surface area contributed by atoms with Crippen LogP contribution in [-0.2, 0) is 11.8 Å². The quantitative estimate of drug-likeness (QED) is 0.793. The summed E-state index contributed by atoms with van der Waals surface area (Å²) in [7, 11) is 1.77. The molecule has 4 rings (SSSR count). The number of ketones is 1. The van der Waals surface area contributed by atoms with Crippen molar-refractivity contribution in [3.63, 3.8) is 0 Å². The lowest BCUT2D eigenvalue weighted by atomic mass is 9.79. The first-order chi connectivity index (χ1) is 11.7. The fraction of sp³-hybridized carbons (Fsp3) is 0.333. The van der Waals surface area contributed by atoms with Crippen LogP contribution < -0.4 is 10.9 Å². The highest BCUT2D eigenvalue weighted by atomic mass is 35.5. The molecule has 7 heteroatoms. The Morgan fingerprint density at radius 1 is 1.20 bits per heavy atom. The fourth-order valence-corrected chi connectivity index (χ4v) is 4.13. The summed E-state index contributed by atoms with van der Waals surface area (Å²) in [5.74, 6) is 0.283. The number of fused-ring (bicyclic) bond motifs is 1. The second kappa shape index (κ2) is 5.26. The van der Waals surface area contributed by atoms with Gasteiger partial charge in [0.1, 0.15) is 5.82 Å². The van der Waals surface area contributed by atoms with Crippen molar-refractivity contribution in [2.24, 2.45) is 12.5 Å². The number of nitrogens with one attached hydrogen (secondary N) is 2. The molecule has 0 spiro atoms. The van der Waals surface area contributed by atoms with Gasteiger partial charge in [-0.25, -0.2) is 0 Å². The van der Waals surface area contributed by atoms with Crippen LogP contribution in [0.5, 0.6) is 0 Å². The summed E-state index contributed by atoms with van der Waals surface area (Å²) in [6.07, 6.45) is 0.609. The molecule has 25 heavy (non-hydrogen) atoms. The number of aromatic nitrogens is 2. The number of anilines is 1. The number of H-pyrrole nitrogens is 1. The summed E-state index contributed by atoms with van der Waals surface area (Å²) >= 11 is 12.2. The highest BCUT2D eigenvalue weighted by molar-refractivity contribution is 6.42. The van der Waals surface area contributed by atoms with Crippen LogP contribution in [0.3, 0.4) is 0 Å². The molecule has 1 unspecified atom stereocenters. The van der Waals surface area contributed by atoms with Crippen molar-refractivity contribution in [2.45, 2.75) is 26.2 Å². The smallest absolute Gasteiger partial charge is 0.270 e. The Bertz CT molecular complexity index is 1010. The van der Waals surface area contributed by atoms with Crippen LogP contribution in [0.25, 0.3) is 0 Å². The number of aromatic amines is 1. The monoisotopic (exact) mass is 377 g/mol. The third kappa shape index (κ3) is 2.29. The van der Waals surface area contributed by atoms with Gasteiger partial charge in [0.2, 0.25) is 0 Å². The van der Waals surface area contributed by atoms with Gasteiger partial charge >= 0.3 is 0 Å². The Hall–Kier alpha value is -1.98. The molecule has 130 valence electrons. The molecule has 0 amide bonds. The van der Waals surface area contributed by atoms with Gasteiger partial charge in [0, 0.05) is 36.1 Å². The predicted molar refractivity (Wildman–Crippen MR) is 98.4 cm³/mol. The summed E-state index contributed by atoms with van der Waals surface area (Å²) in [4.78, 5) is 25.6. The molecule has 1 aromatic heterocycles. The first-order valence-corrected chi connectivity index (χ1v) is 8.75. The molecule has 2 aromatic rings. The molecule has 1 aliphatic heterocycles. The van der Waals surface area contributed by atoms with Crippen LogP contribution in [0, 0.1) is 5.41 Å². The van der Waals surface area contributed by atoms with Gasteiger partial charge in [-0.05, 0) is 17.7 Å². The Labute approximate surface area is 154 Å². The number of hydrogen-bond acceptors (Lipinski definition) is 3. The lowest BCUT2D eigenvalue weighted by Crippen LogP contribution is -2.26. The first kappa shape index (κ1) is 16.5. The highest BCUT2D eigenvalue weighted by Crippen LogP contribution is 2.50. The van der Waals surface area contributed by atoms with E-state index < -0.39 is 11.3 Å². The number of benzene rings is 1. The third-order valence-electron chi connectivity index (χ3n) is 5.03. The molecule has 1 atom stereocenters. The molecular formula is C18H17Cl2N3O2. The van der Waals surface area contributed by atoms with Crippen molar-refractivity contribution in [3.05, 3.63) is 61.0 Å². The molecule has 0 bridgehead atoms. The summed E-state index contributed by atoms with van der Waals surface area (Å²) in [5, 5.41) is 6.90. The van der Waals surface area contributed by atoms with Gasteiger partial charge in [-0.1, -0.05) is 43.1 Å². The Morgan fingerprint density at radius 3 is 2.60 bits per heavy atom. The van der Waals surface area contributed by atoms with Gasteiger partial charge in [-0.15, -0.1) is 0 Å². The van der Waals surface area contributed by atoms with Crippen LogP contribution in [0.2, 0.25) is 10.0 Å². The summed E-state index contributed by atoms with van der Waals surface area (Å²) in [6.45, 7) is 3.85. The number of allylic oxidation sites excluding steroid dienone is 2. The molecule has 1 aliphatic carbocycles. The van der Waals surface area contributed by atoms with Crippen molar-refractivity contribution >= 4 is 34.8 Å². The number of nitrogens with zero attached hydrogens (tertiary/aromatic N) is 1. The number of rotatable bonds is 1.